The summed E-state index contributed by atoms with van der Waals surface area (Å²) < 4.78 is 5.23. The topological polar surface area (TPSA) is 101 Å². The van der Waals surface area contributed by atoms with Crippen molar-refractivity contribution < 1.29 is 14.3 Å². The van der Waals surface area contributed by atoms with Crippen LogP contribution in [0.25, 0.3) is 22.4 Å². The molecule has 1 aliphatic rings. The number of ether oxygens (including phenoxy) is 1. The summed E-state index contributed by atoms with van der Waals surface area (Å²) in [6.07, 6.45) is 0. The predicted molar refractivity (Wildman–Crippen MR) is 132 cm³/mol. The number of aryl methyl sites for hydroxylation is 1. The predicted octanol–water partition coefficient (Wildman–Crippen LogP) is 4.17. The Balaban J connectivity index is 1.49. The Hall–Kier alpha value is -3.68. The molecule has 2 amide bonds. The third-order valence-corrected chi connectivity index (χ3v) is 6.32. The SMILES string of the molecule is Cc1cc(C(C(N)=O)c2ccc3nc(-c4ccc(Cl)cc4)[nH]c3c2)ccc1N1CCOCC1=O. The molecule has 0 bridgehead atoms. The third kappa shape index (κ3) is 4.16. The largest absolute Gasteiger partial charge is 0.370 e. The lowest BCUT2D eigenvalue weighted by Gasteiger charge is -2.28. The highest BCUT2D eigenvalue weighted by Gasteiger charge is 2.25. The van der Waals surface area contributed by atoms with Crippen LogP contribution >= 0.6 is 11.6 Å². The van der Waals surface area contributed by atoms with Crippen molar-refractivity contribution in [3.63, 3.8) is 0 Å². The zero-order chi connectivity index (χ0) is 23.8. The molecule has 4 aromatic rings. The first kappa shape index (κ1) is 22.1. The molecule has 1 aromatic heterocycles. The van der Waals surface area contributed by atoms with E-state index in [1.54, 1.807) is 4.90 Å². The molecular formula is C26H23ClN4O3. The molecule has 0 spiro atoms. The normalized spacial score (nSPS) is 15.0. The highest BCUT2D eigenvalue weighted by molar-refractivity contribution is 6.30. The first-order valence-electron chi connectivity index (χ1n) is 10.9. The Morgan fingerprint density at radius 1 is 1.12 bits per heavy atom. The standard InChI is InChI=1S/C26H23ClN4O3/c1-15-12-17(5-9-22(15)31-10-11-34-14-23(31)32)24(25(28)33)18-4-8-20-21(13-18)30-26(29-20)16-2-6-19(27)7-3-16/h2-9,12-13,24H,10-11,14H2,1H3,(H2,28,33)(H,29,30). The number of amides is 2. The van der Waals surface area contributed by atoms with Crippen LogP contribution in [0, 0.1) is 6.92 Å². The van der Waals surface area contributed by atoms with E-state index in [2.05, 4.69) is 9.97 Å². The Bertz CT molecular complexity index is 1400. The summed E-state index contributed by atoms with van der Waals surface area (Å²) in [5.74, 6) is -0.448. The van der Waals surface area contributed by atoms with Crippen LogP contribution in [0.5, 0.6) is 0 Å². The van der Waals surface area contributed by atoms with Crippen molar-refractivity contribution in [2.24, 2.45) is 5.73 Å². The lowest BCUT2D eigenvalue weighted by Crippen LogP contribution is -2.42. The molecule has 172 valence electrons. The highest BCUT2D eigenvalue weighted by Crippen LogP contribution is 2.32. The smallest absolute Gasteiger partial charge is 0.253 e. The summed E-state index contributed by atoms with van der Waals surface area (Å²) in [6.45, 7) is 3.01. The summed E-state index contributed by atoms with van der Waals surface area (Å²) in [6, 6.07) is 18.7. The van der Waals surface area contributed by atoms with Gasteiger partial charge in [-0.2, -0.15) is 0 Å². The molecule has 34 heavy (non-hydrogen) atoms. The summed E-state index contributed by atoms with van der Waals surface area (Å²) >= 11 is 5.99. The number of benzene rings is 3. The Labute approximate surface area is 201 Å². The van der Waals surface area contributed by atoms with Crippen LogP contribution in [-0.4, -0.2) is 41.5 Å². The molecule has 0 radical (unpaired) electrons. The van der Waals surface area contributed by atoms with Crippen LogP contribution in [0.3, 0.4) is 0 Å². The fourth-order valence-electron chi connectivity index (χ4n) is 4.41. The van der Waals surface area contributed by atoms with Gasteiger partial charge in [0.05, 0.1) is 23.6 Å². The second-order valence-electron chi connectivity index (χ2n) is 8.35. The minimum Gasteiger partial charge on any atom is -0.370 e. The number of halogens is 1. The number of nitrogens with one attached hydrogen (secondary N) is 1. The second-order valence-corrected chi connectivity index (χ2v) is 8.78. The lowest BCUT2D eigenvalue weighted by molar-refractivity contribution is -0.125. The van der Waals surface area contributed by atoms with E-state index >= 15 is 0 Å². The molecule has 1 unspecified atom stereocenters. The lowest BCUT2D eigenvalue weighted by atomic mass is 9.89. The highest BCUT2D eigenvalue weighted by atomic mass is 35.5. The van der Waals surface area contributed by atoms with Gasteiger partial charge in [0.15, 0.2) is 0 Å². The van der Waals surface area contributed by atoms with Crippen molar-refractivity contribution in [3.8, 4) is 11.4 Å². The minimum absolute atomic E-state index is 0.0743. The van der Waals surface area contributed by atoms with Gasteiger partial charge in [0.1, 0.15) is 12.4 Å². The average molecular weight is 475 g/mol. The number of fused-ring (bicyclic) bond motifs is 1. The van der Waals surface area contributed by atoms with Crippen LogP contribution in [0.1, 0.15) is 22.6 Å². The number of hydrogen-bond acceptors (Lipinski definition) is 4. The number of primary amides is 1. The van der Waals surface area contributed by atoms with Gasteiger partial charge in [0.25, 0.3) is 5.91 Å². The number of anilines is 1. The van der Waals surface area contributed by atoms with E-state index in [1.807, 2.05) is 67.6 Å². The van der Waals surface area contributed by atoms with E-state index in [0.717, 1.165) is 44.8 Å². The van der Waals surface area contributed by atoms with Crippen LogP contribution < -0.4 is 10.6 Å². The van der Waals surface area contributed by atoms with Gasteiger partial charge in [-0.1, -0.05) is 29.8 Å². The Morgan fingerprint density at radius 3 is 2.56 bits per heavy atom. The number of H-pyrrole nitrogens is 1. The quantitative estimate of drug-likeness (QED) is 0.453. The molecular weight excluding hydrogens is 452 g/mol. The van der Waals surface area contributed by atoms with Crippen LogP contribution in [-0.2, 0) is 14.3 Å². The zero-order valence-corrected chi connectivity index (χ0v) is 19.3. The van der Waals surface area contributed by atoms with Gasteiger partial charge in [0.2, 0.25) is 5.91 Å². The molecule has 5 rings (SSSR count). The number of aromatic amines is 1. The van der Waals surface area contributed by atoms with E-state index in [-0.39, 0.29) is 12.5 Å². The first-order chi connectivity index (χ1) is 16.4. The third-order valence-electron chi connectivity index (χ3n) is 6.07. The molecule has 8 heteroatoms. The van der Waals surface area contributed by atoms with Crippen LogP contribution in [0.4, 0.5) is 5.69 Å². The van der Waals surface area contributed by atoms with Crippen molar-refractivity contribution >= 4 is 40.1 Å². The van der Waals surface area contributed by atoms with E-state index in [4.69, 9.17) is 22.1 Å². The summed E-state index contributed by atoms with van der Waals surface area (Å²) in [5, 5.41) is 0.658. The zero-order valence-electron chi connectivity index (χ0n) is 18.5. The molecule has 1 fully saturated rings. The molecule has 7 nitrogen and oxygen atoms in total. The molecule has 1 aliphatic heterocycles. The van der Waals surface area contributed by atoms with Crippen LogP contribution in [0.15, 0.2) is 60.7 Å². The number of nitrogens with two attached hydrogens (primary N) is 1. The Morgan fingerprint density at radius 2 is 1.85 bits per heavy atom. The maximum absolute atomic E-state index is 12.5. The molecule has 2 heterocycles. The summed E-state index contributed by atoms with van der Waals surface area (Å²) in [7, 11) is 0. The van der Waals surface area contributed by atoms with Gasteiger partial charge in [0, 0.05) is 22.8 Å². The first-order valence-corrected chi connectivity index (χ1v) is 11.3. The molecule has 0 saturated carbocycles. The van der Waals surface area contributed by atoms with Crippen molar-refractivity contribution in [1.29, 1.82) is 0 Å². The number of rotatable bonds is 5. The van der Waals surface area contributed by atoms with Gasteiger partial charge >= 0.3 is 0 Å². The fraction of sp³-hybridized carbons (Fsp3) is 0.192. The fourth-order valence-corrected chi connectivity index (χ4v) is 4.53. The van der Waals surface area contributed by atoms with Gasteiger partial charge in [-0.3, -0.25) is 9.59 Å². The second kappa shape index (κ2) is 8.93. The average Bonchev–Trinajstić information content (AvgIpc) is 3.24. The minimum atomic E-state index is -0.639. The maximum atomic E-state index is 12.5. The molecule has 1 saturated heterocycles. The molecule has 0 aliphatic carbocycles. The van der Waals surface area contributed by atoms with Crippen LogP contribution in [0.2, 0.25) is 5.02 Å². The number of carbonyl (C=O) groups excluding carboxylic acids is 2. The number of imidazole rings is 1. The maximum Gasteiger partial charge on any atom is 0.253 e. The van der Waals surface area contributed by atoms with Crippen molar-refractivity contribution in [2.45, 2.75) is 12.8 Å². The van der Waals surface area contributed by atoms with E-state index in [0.29, 0.717) is 18.2 Å². The molecule has 3 N–H and O–H groups in total. The molecule has 3 aromatic carbocycles. The number of nitrogens with zero attached hydrogens (tertiary/aromatic N) is 2. The van der Waals surface area contributed by atoms with Crippen molar-refractivity contribution in [1.82, 2.24) is 9.97 Å². The van der Waals surface area contributed by atoms with Gasteiger partial charge in [-0.05, 0) is 66.1 Å². The summed E-state index contributed by atoms with van der Waals surface area (Å²) in [5.41, 5.74) is 11.6. The number of hydrogen-bond donors (Lipinski definition) is 2. The Kier molecular flexibility index (Phi) is 5.81. The van der Waals surface area contributed by atoms with E-state index in [9.17, 15) is 9.59 Å². The van der Waals surface area contributed by atoms with Gasteiger partial charge in [-0.25, -0.2) is 4.98 Å². The van der Waals surface area contributed by atoms with Gasteiger partial charge in [-0.15, -0.1) is 0 Å². The summed E-state index contributed by atoms with van der Waals surface area (Å²) in [4.78, 5) is 34.5. The monoisotopic (exact) mass is 474 g/mol. The van der Waals surface area contributed by atoms with Crippen molar-refractivity contribution in [3.05, 3.63) is 82.4 Å². The number of aromatic nitrogens is 2. The molecule has 1 atom stereocenters. The van der Waals surface area contributed by atoms with Gasteiger partial charge < -0.3 is 20.4 Å². The number of morpholine rings is 1. The number of carbonyl (C=O) groups is 2. The van der Waals surface area contributed by atoms with Crippen molar-refractivity contribution in [2.75, 3.05) is 24.7 Å². The van der Waals surface area contributed by atoms with E-state index in [1.165, 1.54) is 0 Å². The van der Waals surface area contributed by atoms with E-state index < -0.39 is 11.8 Å².